The summed E-state index contributed by atoms with van der Waals surface area (Å²) >= 11 is 5.22. The van der Waals surface area contributed by atoms with Gasteiger partial charge in [0, 0.05) is 0 Å². The molecule has 0 bridgehead atoms. The summed E-state index contributed by atoms with van der Waals surface area (Å²) in [6.45, 7) is 0. The normalized spacial score (nSPS) is 10.7. The maximum atomic E-state index is 13.2. The number of nitro groups is 1. The highest BCUT2D eigenvalue weighted by molar-refractivity contribution is 6.16. The van der Waals surface area contributed by atoms with Gasteiger partial charge in [0.2, 0.25) is 0 Å². The minimum Gasteiger partial charge on any atom is -0.258 e. The lowest BCUT2D eigenvalue weighted by Crippen LogP contribution is -2.04. The first-order valence-electron chi connectivity index (χ1n) is 3.64. The molecule has 15 heavy (non-hydrogen) atoms. The van der Waals surface area contributed by atoms with E-state index < -0.39 is 40.0 Å². The zero-order valence-corrected chi connectivity index (χ0v) is 7.84. The molecule has 0 fully saturated rings. The SMILES string of the molecule is O=[N+]([O-])c1cnc(CCl)c(F)c1C(F)F. The number of alkyl halides is 3. The second-order valence-electron chi connectivity index (χ2n) is 2.51. The molecular weight excluding hydrogens is 237 g/mol. The Morgan fingerprint density at radius 2 is 2.20 bits per heavy atom. The van der Waals surface area contributed by atoms with Crippen LogP contribution < -0.4 is 0 Å². The second-order valence-corrected chi connectivity index (χ2v) is 2.78. The van der Waals surface area contributed by atoms with Crippen LogP contribution in [0.25, 0.3) is 0 Å². The largest absolute Gasteiger partial charge is 0.299 e. The van der Waals surface area contributed by atoms with Gasteiger partial charge >= 0.3 is 0 Å². The third-order valence-corrected chi connectivity index (χ3v) is 1.90. The zero-order chi connectivity index (χ0) is 11.6. The van der Waals surface area contributed by atoms with Crippen LogP contribution in [0.15, 0.2) is 6.20 Å². The summed E-state index contributed by atoms with van der Waals surface area (Å²) in [6, 6.07) is 0. The Balaban J connectivity index is 3.44. The molecule has 0 saturated heterocycles. The summed E-state index contributed by atoms with van der Waals surface area (Å²) in [5.74, 6) is -1.85. The zero-order valence-electron chi connectivity index (χ0n) is 7.08. The van der Waals surface area contributed by atoms with Crippen molar-refractivity contribution >= 4 is 17.3 Å². The Morgan fingerprint density at radius 1 is 1.60 bits per heavy atom. The summed E-state index contributed by atoms with van der Waals surface area (Å²) in [5, 5.41) is 10.3. The van der Waals surface area contributed by atoms with E-state index in [1.807, 2.05) is 0 Å². The molecule has 82 valence electrons. The molecular formula is C7H4ClF3N2O2. The third kappa shape index (κ3) is 2.17. The standard InChI is InChI=1S/C7H4ClF3N2O2/c8-1-3-6(9)5(7(10)11)4(2-12-3)13(14)15/h2,7H,1H2. The van der Waals surface area contributed by atoms with Gasteiger partial charge in [-0.1, -0.05) is 0 Å². The maximum absolute atomic E-state index is 13.2. The van der Waals surface area contributed by atoms with E-state index in [4.69, 9.17) is 11.6 Å². The van der Waals surface area contributed by atoms with E-state index in [-0.39, 0.29) is 0 Å². The van der Waals surface area contributed by atoms with Gasteiger partial charge in [-0.3, -0.25) is 10.1 Å². The average Bonchev–Trinajstić information content (AvgIpc) is 2.16. The molecule has 4 nitrogen and oxygen atoms in total. The highest BCUT2D eigenvalue weighted by atomic mass is 35.5. The number of rotatable bonds is 3. The molecule has 0 aromatic carbocycles. The number of pyridine rings is 1. The van der Waals surface area contributed by atoms with Crippen LogP contribution >= 0.6 is 11.6 Å². The van der Waals surface area contributed by atoms with E-state index in [2.05, 4.69) is 4.98 Å². The van der Waals surface area contributed by atoms with Crippen LogP contribution in [-0.2, 0) is 5.88 Å². The molecule has 1 aromatic rings. The number of nitrogens with zero attached hydrogens (tertiary/aromatic N) is 2. The first kappa shape index (κ1) is 11.7. The van der Waals surface area contributed by atoms with E-state index >= 15 is 0 Å². The molecule has 0 atom stereocenters. The predicted molar refractivity (Wildman–Crippen MR) is 45.4 cm³/mol. The predicted octanol–water partition coefficient (Wildman–Crippen LogP) is 2.81. The van der Waals surface area contributed by atoms with Crippen LogP contribution in [-0.4, -0.2) is 9.91 Å². The van der Waals surface area contributed by atoms with Crippen molar-refractivity contribution in [3.8, 4) is 0 Å². The van der Waals surface area contributed by atoms with Crippen LogP contribution in [0.5, 0.6) is 0 Å². The molecule has 0 unspecified atom stereocenters. The van der Waals surface area contributed by atoms with Crippen LogP contribution in [0.2, 0.25) is 0 Å². The average molecular weight is 241 g/mol. The number of hydrogen-bond donors (Lipinski definition) is 0. The first-order chi connectivity index (χ1) is 6.99. The highest BCUT2D eigenvalue weighted by Crippen LogP contribution is 2.32. The smallest absolute Gasteiger partial charge is 0.258 e. The van der Waals surface area contributed by atoms with Gasteiger partial charge in [0.1, 0.15) is 11.8 Å². The Bertz CT molecular complexity index is 400. The lowest BCUT2D eigenvalue weighted by atomic mass is 10.2. The lowest BCUT2D eigenvalue weighted by Gasteiger charge is -2.05. The fraction of sp³-hybridized carbons (Fsp3) is 0.286. The topological polar surface area (TPSA) is 56.0 Å². The van der Waals surface area contributed by atoms with Crippen molar-refractivity contribution < 1.29 is 18.1 Å². The number of hydrogen-bond acceptors (Lipinski definition) is 3. The van der Waals surface area contributed by atoms with Gasteiger partial charge in [-0.25, -0.2) is 18.2 Å². The van der Waals surface area contributed by atoms with Gasteiger partial charge in [-0.2, -0.15) is 0 Å². The van der Waals surface area contributed by atoms with E-state index in [0.717, 1.165) is 0 Å². The van der Waals surface area contributed by atoms with Gasteiger partial charge < -0.3 is 0 Å². The minimum absolute atomic E-state index is 0.427. The van der Waals surface area contributed by atoms with Crippen LogP contribution in [0, 0.1) is 15.9 Å². The quantitative estimate of drug-likeness (QED) is 0.464. The molecule has 0 aliphatic rings. The minimum atomic E-state index is -3.28. The Kier molecular flexibility index (Phi) is 3.46. The number of halogens is 4. The molecule has 8 heteroatoms. The Morgan fingerprint density at radius 3 is 2.60 bits per heavy atom. The summed E-state index contributed by atoms with van der Waals surface area (Å²) in [7, 11) is 0. The first-order valence-corrected chi connectivity index (χ1v) is 4.18. The molecule has 0 aliphatic heterocycles. The van der Waals surface area contributed by atoms with E-state index in [9.17, 15) is 23.3 Å². The van der Waals surface area contributed by atoms with E-state index in [1.54, 1.807) is 0 Å². The number of aromatic nitrogens is 1. The molecule has 0 radical (unpaired) electrons. The molecule has 0 saturated carbocycles. The summed E-state index contributed by atoms with van der Waals surface area (Å²) in [5.41, 5.74) is -2.75. The second kappa shape index (κ2) is 4.43. The van der Waals surface area contributed by atoms with Crippen LogP contribution in [0.3, 0.4) is 0 Å². The van der Waals surface area contributed by atoms with Crippen molar-refractivity contribution in [3.63, 3.8) is 0 Å². The van der Waals surface area contributed by atoms with Gasteiger partial charge in [-0.05, 0) is 0 Å². The lowest BCUT2D eigenvalue weighted by molar-refractivity contribution is -0.386. The van der Waals surface area contributed by atoms with Gasteiger partial charge in [-0.15, -0.1) is 11.6 Å². The molecule has 1 aromatic heterocycles. The molecule has 1 rings (SSSR count). The van der Waals surface area contributed by atoms with Crippen molar-refractivity contribution in [2.45, 2.75) is 12.3 Å². The van der Waals surface area contributed by atoms with Gasteiger partial charge in [0.15, 0.2) is 5.82 Å². The van der Waals surface area contributed by atoms with E-state index in [1.165, 1.54) is 0 Å². The maximum Gasteiger partial charge on any atom is 0.299 e. The van der Waals surface area contributed by atoms with E-state index in [0.29, 0.717) is 6.20 Å². The summed E-state index contributed by atoms with van der Waals surface area (Å²) in [6.07, 6.45) is -2.71. The van der Waals surface area contributed by atoms with Crippen molar-refractivity contribution in [2.75, 3.05) is 0 Å². The molecule has 0 amide bonds. The van der Waals surface area contributed by atoms with Gasteiger partial charge in [0.25, 0.3) is 12.1 Å². The van der Waals surface area contributed by atoms with Crippen molar-refractivity contribution in [1.29, 1.82) is 0 Å². The molecule has 0 aliphatic carbocycles. The molecule has 0 N–H and O–H groups in total. The fourth-order valence-electron chi connectivity index (χ4n) is 0.979. The summed E-state index contributed by atoms with van der Waals surface area (Å²) < 4.78 is 37.9. The van der Waals surface area contributed by atoms with Crippen molar-refractivity contribution in [2.24, 2.45) is 0 Å². The monoisotopic (exact) mass is 240 g/mol. The highest BCUT2D eigenvalue weighted by Gasteiger charge is 2.28. The van der Waals surface area contributed by atoms with Crippen LogP contribution in [0.4, 0.5) is 18.9 Å². The fourth-order valence-corrected chi connectivity index (χ4v) is 1.17. The molecule has 0 spiro atoms. The third-order valence-electron chi connectivity index (χ3n) is 1.65. The molecule has 1 heterocycles. The van der Waals surface area contributed by atoms with Gasteiger partial charge in [0.05, 0.1) is 16.5 Å². The van der Waals surface area contributed by atoms with Crippen molar-refractivity contribution in [1.82, 2.24) is 4.98 Å². The Hall–Kier alpha value is -1.37. The summed E-state index contributed by atoms with van der Waals surface area (Å²) in [4.78, 5) is 12.5. The van der Waals surface area contributed by atoms with Crippen LogP contribution in [0.1, 0.15) is 17.7 Å². The van der Waals surface area contributed by atoms with Crippen molar-refractivity contribution in [3.05, 3.63) is 33.4 Å². The Labute approximate surface area is 86.8 Å².